The monoisotopic (exact) mass is 475 g/mol. The van der Waals surface area contributed by atoms with Crippen LogP contribution in [0, 0.1) is 5.82 Å². The van der Waals surface area contributed by atoms with Crippen LogP contribution in [0.25, 0.3) is 0 Å². The lowest BCUT2D eigenvalue weighted by Gasteiger charge is -2.20. The molecule has 0 aliphatic carbocycles. The lowest BCUT2D eigenvalue weighted by atomic mass is 9.91. The average molecular weight is 477 g/mol. The van der Waals surface area contributed by atoms with E-state index in [9.17, 15) is 9.18 Å². The molecule has 0 amide bonds. The summed E-state index contributed by atoms with van der Waals surface area (Å²) < 4.78 is 20.0. The number of carbonyl (C=O) groups is 1. The van der Waals surface area contributed by atoms with Gasteiger partial charge >= 0.3 is 5.97 Å². The molecule has 2 aromatic rings. The maximum absolute atomic E-state index is 14.5. The number of methoxy groups -OCH3 is 1. The van der Waals surface area contributed by atoms with Crippen molar-refractivity contribution in [3.63, 3.8) is 0 Å². The molecule has 0 radical (unpaired) electrons. The number of benzene rings is 2. The third-order valence-electron chi connectivity index (χ3n) is 3.63. The fourth-order valence-corrected chi connectivity index (χ4v) is 3.85. The Morgan fingerprint density at radius 2 is 1.96 bits per heavy atom. The molecular formula is C18H20BrClFN3O2S. The molecule has 0 aliphatic heterocycles. The van der Waals surface area contributed by atoms with Gasteiger partial charge in [-0.15, -0.1) is 24.2 Å². The normalized spacial score (nSPS) is 11.2. The summed E-state index contributed by atoms with van der Waals surface area (Å²) in [6.45, 7) is 0. The van der Waals surface area contributed by atoms with Crippen LogP contribution >= 0.6 is 40.1 Å². The minimum atomic E-state index is -0.346. The molecule has 9 heteroatoms. The minimum absolute atomic E-state index is 0. The molecular weight excluding hydrogens is 457 g/mol. The van der Waals surface area contributed by atoms with Crippen molar-refractivity contribution in [2.45, 2.75) is 5.92 Å². The topological polar surface area (TPSA) is 90.7 Å². The van der Waals surface area contributed by atoms with Gasteiger partial charge in [0.25, 0.3) is 0 Å². The number of carbonyl (C=O) groups excluding carboxylic acids is 1. The first-order chi connectivity index (χ1) is 12.4. The number of hydrogen-bond acceptors (Lipinski definition) is 4. The number of thioether (sulfide) groups is 1. The summed E-state index contributed by atoms with van der Waals surface area (Å²) in [5, 5.41) is 0. The van der Waals surface area contributed by atoms with E-state index in [4.69, 9.17) is 11.5 Å². The van der Waals surface area contributed by atoms with E-state index in [-0.39, 0.29) is 41.8 Å². The van der Waals surface area contributed by atoms with Crippen LogP contribution in [-0.2, 0) is 9.53 Å². The van der Waals surface area contributed by atoms with Gasteiger partial charge in [-0.2, -0.15) is 0 Å². The van der Waals surface area contributed by atoms with Gasteiger partial charge in [0.05, 0.1) is 18.6 Å². The number of ether oxygens (including phenoxy) is 1. The third kappa shape index (κ3) is 6.71. The number of nitrogens with two attached hydrogens (primary N) is 2. The van der Waals surface area contributed by atoms with Gasteiger partial charge in [0, 0.05) is 16.1 Å². The van der Waals surface area contributed by atoms with Crippen molar-refractivity contribution in [3.8, 4) is 0 Å². The second-order valence-corrected chi connectivity index (χ2v) is 7.35. The molecule has 0 bridgehead atoms. The van der Waals surface area contributed by atoms with Crippen LogP contribution in [0.5, 0.6) is 0 Å². The zero-order chi connectivity index (χ0) is 19.1. The summed E-state index contributed by atoms with van der Waals surface area (Å²) in [5.41, 5.74) is 12.9. The van der Waals surface area contributed by atoms with E-state index in [1.54, 1.807) is 24.3 Å². The van der Waals surface area contributed by atoms with Gasteiger partial charge in [0.15, 0.2) is 5.96 Å². The number of hydrogen-bond donors (Lipinski definition) is 2. The predicted octanol–water partition coefficient (Wildman–Crippen LogP) is 3.95. The number of rotatable bonds is 7. The number of aliphatic imine (C=N–C) groups is 1. The lowest BCUT2D eigenvalue weighted by molar-refractivity contribution is -0.137. The molecule has 0 aromatic heterocycles. The van der Waals surface area contributed by atoms with Gasteiger partial charge in [-0.3, -0.25) is 4.79 Å². The first-order valence-electron chi connectivity index (χ1n) is 7.70. The highest BCUT2D eigenvalue weighted by Gasteiger charge is 2.22. The lowest BCUT2D eigenvalue weighted by Crippen LogP contribution is -2.22. The van der Waals surface area contributed by atoms with Crippen molar-refractivity contribution in [1.82, 2.24) is 0 Å². The Kier molecular flexibility index (Phi) is 9.62. The van der Waals surface area contributed by atoms with Crippen LogP contribution in [0.2, 0.25) is 0 Å². The highest BCUT2D eigenvalue weighted by atomic mass is 79.9. The van der Waals surface area contributed by atoms with Crippen LogP contribution in [0.3, 0.4) is 0 Å². The average Bonchev–Trinajstić information content (AvgIpc) is 2.61. The van der Waals surface area contributed by atoms with E-state index in [1.165, 1.54) is 24.9 Å². The number of esters is 1. The second kappa shape index (κ2) is 11.2. The molecule has 2 rings (SSSR count). The van der Waals surface area contributed by atoms with Crippen LogP contribution in [0.1, 0.15) is 17.0 Å². The quantitative estimate of drug-likeness (QED) is 0.359. The van der Waals surface area contributed by atoms with Crippen molar-refractivity contribution in [3.05, 3.63) is 63.9 Å². The molecule has 1 unspecified atom stereocenters. The Balaban J connectivity index is 0.00000364. The summed E-state index contributed by atoms with van der Waals surface area (Å²) in [5.74, 6) is -0.454. The van der Waals surface area contributed by atoms with E-state index in [2.05, 4.69) is 25.7 Å². The number of nitrogens with zero attached hydrogens (tertiary/aromatic N) is 1. The molecule has 0 saturated carbocycles. The van der Waals surface area contributed by atoms with Gasteiger partial charge in [-0.05, 0) is 35.4 Å². The SMILES string of the molecule is COC(=O)CSCC(c1ccccc1F)c1cc(Br)ccc1N=C(N)N.Cl. The van der Waals surface area contributed by atoms with E-state index in [0.29, 0.717) is 17.0 Å². The maximum atomic E-state index is 14.5. The first kappa shape index (κ1) is 23.3. The van der Waals surface area contributed by atoms with Gasteiger partial charge in [0.1, 0.15) is 5.82 Å². The van der Waals surface area contributed by atoms with Crippen molar-refractivity contribution in [2.75, 3.05) is 18.6 Å². The van der Waals surface area contributed by atoms with Gasteiger partial charge < -0.3 is 16.2 Å². The summed E-state index contributed by atoms with van der Waals surface area (Å²) >= 11 is 4.80. The van der Waals surface area contributed by atoms with E-state index in [1.807, 2.05) is 12.1 Å². The summed E-state index contributed by atoms with van der Waals surface area (Å²) in [7, 11) is 1.34. The number of halogens is 3. The highest BCUT2D eigenvalue weighted by Crippen LogP contribution is 2.37. The van der Waals surface area contributed by atoms with Crippen LogP contribution in [0.15, 0.2) is 51.9 Å². The molecule has 2 aromatic carbocycles. The Morgan fingerprint density at radius 3 is 2.59 bits per heavy atom. The Hall–Kier alpha value is -1.77. The smallest absolute Gasteiger partial charge is 0.315 e. The molecule has 27 heavy (non-hydrogen) atoms. The summed E-state index contributed by atoms with van der Waals surface area (Å²) in [6.07, 6.45) is 0. The van der Waals surface area contributed by atoms with Gasteiger partial charge in [0.2, 0.25) is 0 Å². The van der Waals surface area contributed by atoms with Crippen molar-refractivity contribution in [2.24, 2.45) is 16.5 Å². The molecule has 0 aliphatic rings. The Morgan fingerprint density at radius 1 is 1.26 bits per heavy atom. The van der Waals surface area contributed by atoms with E-state index >= 15 is 0 Å². The molecule has 4 N–H and O–H groups in total. The first-order valence-corrected chi connectivity index (χ1v) is 9.65. The largest absolute Gasteiger partial charge is 0.468 e. The zero-order valence-electron chi connectivity index (χ0n) is 14.5. The predicted molar refractivity (Wildman–Crippen MR) is 114 cm³/mol. The van der Waals surface area contributed by atoms with Crippen molar-refractivity contribution >= 4 is 57.7 Å². The molecule has 5 nitrogen and oxygen atoms in total. The van der Waals surface area contributed by atoms with Crippen LogP contribution in [-0.4, -0.2) is 30.5 Å². The molecule has 1 atom stereocenters. The highest BCUT2D eigenvalue weighted by molar-refractivity contribution is 9.10. The maximum Gasteiger partial charge on any atom is 0.315 e. The number of guanidine groups is 1. The third-order valence-corrected chi connectivity index (χ3v) is 5.13. The Labute approximate surface area is 176 Å². The van der Waals surface area contributed by atoms with E-state index in [0.717, 1.165) is 10.0 Å². The van der Waals surface area contributed by atoms with Gasteiger partial charge in [-0.1, -0.05) is 34.1 Å². The molecule has 0 fully saturated rings. The molecule has 0 spiro atoms. The molecule has 146 valence electrons. The fourth-order valence-electron chi connectivity index (χ4n) is 2.47. The molecule has 0 heterocycles. The minimum Gasteiger partial charge on any atom is -0.468 e. The summed E-state index contributed by atoms with van der Waals surface area (Å²) in [4.78, 5) is 15.6. The van der Waals surface area contributed by atoms with Crippen molar-refractivity contribution < 1.29 is 13.9 Å². The Bertz CT molecular complexity index is 819. The second-order valence-electron chi connectivity index (χ2n) is 5.41. The zero-order valence-corrected chi connectivity index (χ0v) is 17.7. The standard InChI is InChI=1S/C18H19BrFN3O2S.ClH/c1-25-17(24)10-26-9-14(12-4-2-3-5-15(12)20)13-8-11(19)6-7-16(13)23-18(21)22;/h2-8,14H,9-10H2,1H3,(H4,21,22,23);1H. The van der Waals surface area contributed by atoms with Crippen LogP contribution < -0.4 is 11.5 Å². The van der Waals surface area contributed by atoms with Crippen molar-refractivity contribution in [1.29, 1.82) is 0 Å². The fraction of sp³-hybridized carbons (Fsp3) is 0.222. The summed E-state index contributed by atoms with van der Waals surface area (Å²) in [6, 6.07) is 12.0. The molecule has 0 saturated heterocycles. The van der Waals surface area contributed by atoms with E-state index < -0.39 is 0 Å². The van der Waals surface area contributed by atoms with Crippen LogP contribution in [0.4, 0.5) is 10.1 Å². The van der Waals surface area contributed by atoms with Gasteiger partial charge in [-0.25, -0.2) is 9.38 Å².